The van der Waals surface area contributed by atoms with Gasteiger partial charge in [0.2, 0.25) is 10.0 Å². The molecule has 2 aromatic carbocycles. The summed E-state index contributed by atoms with van der Waals surface area (Å²) in [7, 11) is -2.03. The normalized spacial score (nSPS) is 15.4. The lowest BCUT2D eigenvalue weighted by molar-refractivity contribution is 0.268. The SMILES string of the molecule is COc1ccc(S(=O)(=O)N2CCN(C(=S)Nc3cccc(F)c3)CC2)cc1. The molecule has 1 aliphatic heterocycles. The van der Waals surface area contributed by atoms with Crippen LogP contribution in [0.4, 0.5) is 10.1 Å². The van der Waals surface area contributed by atoms with Crippen LogP contribution in [0.5, 0.6) is 5.75 Å². The Hall–Kier alpha value is -2.23. The zero-order valence-electron chi connectivity index (χ0n) is 14.8. The first kappa shape index (κ1) is 19.5. The second-order valence-corrected chi connectivity index (χ2v) is 8.33. The average molecular weight is 410 g/mol. The third-order valence-corrected chi connectivity index (χ3v) is 6.57. The van der Waals surface area contributed by atoms with Crippen LogP contribution in [0.15, 0.2) is 53.4 Å². The number of methoxy groups -OCH3 is 1. The lowest BCUT2D eigenvalue weighted by Crippen LogP contribution is -2.51. The summed E-state index contributed by atoms with van der Waals surface area (Å²) in [6.45, 7) is 1.55. The minimum atomic E-state index is -3.56. The van der Waals surface area contributed by atoms with Crippen molar-refractivity contribution < 1.29 is 17.5 Å². The Labute approximate surface area is 163 Å². The van der Waals surface area contributed by atoms with Crippen LogP contribution in [0.1, 0.15) is 0 Å². The maximum absolute atomic E-state index is 13.3. The van der Waals surface area contributed by atoms with Crippen LogP contribution < -0.4 is 10.1 Å². The van der Waals surface area contributed by atoms with E-state index in [0.717, 1.165) is 0 Å². The van der Waals surface area contributed by atoms with E-state index in [2.05, 4.69) is 5.32 Å². The van der Waals surface area contributed by atoms with Crippen molar-refractivity contribution in [1.82, 2.24) is 9.21 Å². The van der Waals surface area contributed by atoms with Gasteiger partial charge in [0, 0.05) is 31.9 Å². The Morgan fingerprint density at radius 1 is 1.11 bits per heavy atom. The predicted molar refractivity (Wildman–Crippen MR) is 106 cm³/mol. The second kappa shape index (κ2) is 8.20. The summed E-state index contributed by atoms with van der Waals surface area (Å²) in [6.07, 6.45) is 0. The van der Waals surface area contributed by atoms with E-state index in [4.69, 9.17) is 17.0 Å². The molecule has 0 amide bonds. The molecule has 1 aliphatic rings. The maximum atomic E-state index is 13.3. The quantitative estimate of drug-likeness (QED) is 0.783. The van der Waals surface area contributed by atoms with Crippen molar-refractivity contribution in [2.75, 3.05) is 38.6 Å². The standard InChI is InChI=1S/C18H20FN3O3S2/c1-25-16-5-7-17(8-6-16)27(23,24)22-11-9-21(10-12-22)18(26)20-15-4-2-3-14(19)13-15/h2-8,13H,9-12H2,1H3,(H,20,26). The van der Waals surface area contributed by atoms with E-state index in [1.165, 1.54) is 35.7 Å². The van der Waals surface area contributed by atoms with E-state index in [-0.39, 0.29) is 10.7 Å². The summed E-state index contributed by atoms with van der Waals surface area (Å²) in [4.78, 5) is 2.11. The van der Waals surface area contributed by atoms with Crippen molar-refractivity contribution in [2.45, 2.75) is 4.90 Å². The average Bonchev–Trinajstić information content (AvgIpc) is 2.68. The lowest BCUT2D eigenvalue weighted by Gasteiger charge is -2.35. The number of hydrogen-bond donors (Lipinski definition) is 1. The molecule has 9 heteroatoms. The monoisotopic (exact) mass is 409 g/mol. The highest BCUT2D eigenvalue weighted by atomic mass is 32.2. The van der Waals surface area contributed by atoms with Gasteiger partial charge in [0.1, 0.15) is 11.6 Å². The highest BCUT2D eigenvalue weighted by Gasteiger charge is 2.29. The van der Waals surface area contributed by atoms with Gasteiger partial charge < -0.3 is 15.0 Å². The summed E-state index contributed by atoms with van der Waals surface area (Å²) >= 11 is 5.36. The number of hydrogen-bond acceptors (Lipinski definition) is 4. The van der Waals surface area contributed by atoms with Crippen LogP contribution in [0.3, 0.4) is 0 Å². The van der Waals surface area contributed by atoms with Crippen molar-refractivity contribution in [3.63, 3.8) is 0 Å². The summed E-state index contributed by atoms with van der Waals surface area (Å²) in [5.74, 6) is 0.255. The smallest absolute Gasteiger partial charge is 0.243 e. The van der Waals surface area contributed by atoms with E-state index in [1.54, 1.807) is 24.3 Å². The van der Waals surface area contributed by atoms with Gasteiger partial charge in [0.05, 0.1) is 12.0 Å². The molecule has 0 radical (unpaired) electrons. The first-order valence-electron chi connectivity index (χ1n) is 8.36. The second-order valence-electron chi connectivity index (χ2n) is 6.01. The summed E-state index contributed by atoms with van der Waals surface area (Å²) < 4.78 is 45.3. The number of benzene rings is 2. The topological polar surface area (TPSA) is 61.9 Å². The van der Waals surface area contributed by atoms with Crippen molar-refractivity contribution in [1.29, 1.82) is 0 Å². The van der Waals surface area contributed by atoms with Gasteiger partial charge in [-0.3, -0.25) is 0 Å². The third kappa shape index (κ3) is 4.55. The molecule has 2 aromatic rings. The molecule has 3 rings (SSSR count). The molecule has 1 heterocycles. The number of sulfonamides is 1. The number of thiocarbonyl (C=S) groups is 1. The number of rotatable bonds is 4. The molecule has 0 saturated carbocycles. The van der Waals surface area contributed by atoms with Gasteiger partial charge in [-0.1, -0.05) is 6.07 Å². The molecule has 0 bridgehead atoms. The summed E-state index contributed by atoms with van der Waals surface area (Å²) in [6, 6.07) is 12.4. The van der Waals surface area contributed by atoms with Crippen LogP contribution >= 0.6 is 12.2 Å². The minimum absolute atomic E-state index is 0.234. The molecule has 1 fully saturated rings. The number of anilines is 1. The zero-order valence-corrected chi connectivity index (χ0v) is 16.4. The Morgan fingerprint density at radius 2 is 1.78 bits per heavy atom. The van der Waals surface area contributed by atoms with Gasteiger partial charge in [-0.15, -0.1) is 0 Å². The van der Waals surface area contributed by atoms with Gasteiger partial charge in [-0.2, -0.15) is 4.31 Å². The number of piperazine rings is 1. The van der Waals surface area contributed by atoms with E-state index in [0.29, 0.717) is 42.7 Å². The first-order chi connectivity index (χ1) is 12.9. The van der Waals surface area contributed by atoms with Gasteiger partial charge in [0.15, 0.2) is 5.11 Å². The fourth-order valence-corrected chi connectivity index (χ4v) is 4.52. The first-order valence-corrected chi connectivity index (χ1v) is 10.2. The lowest BCUT2D eigenvalue weighted by atomic mass is 10.3. The van der Waals surface area contributed by atoms with E-state index in [9.17, 15) is 12.8 Å². The van der Waals surface area contributed by atoms with Gasteiger partial charge in [-0.25, -0.2) is 12.8 Å². The molecule has 6 nitrogen and oxygen atoms in total. The molecular formula is C18H20FN3O3S2. The molecule has 0 aliphatic carbocycles. The molecule has 0 aromatic heterocycles. The van der Waals surface area contributed by atoms with Crippen molar-refractivity contribution in [2.24, 2.45) is 0 Å². The van der Waals surface area contributed by atoms with Crippen LogP contribution in [0, 0.1) is 5.82 Å². The Bertz CT molecular complexity index is 912. The molecule has 1 saturated heterocycles. The molecule has 0 spiro atoms. The van der Waals surface area contributed by atoms with E-state index in [1.807, 2.05) is 4.90 Å². The van der Waals surface area contributed by atoms with Gasteiger partial charge >= 0.3 is 0 Å². The maximum Gasteiger partial charge on any atom is 0.243 e. The largest absolute Gasteiger partial charge is 0.497 e. The molecule has 27 heavy (non-hydrogen) atoms. The predicted octanol–water partition coefficient (Wildman–Crippen LogP) is 2.54. The number of nitrogens with one attached hydrogen (secondary N) is 1. The number of ether oxygens (including phenoxy) is 1. The van der Waals surface area contributed by atoms with Gasteiger partial charge in [0.25, 0.3) is 0 Å². The van der Waals surface area contributed by atoms with E-state index < -0.39 is 10.0 Å². The van der Waals surface area contributed by atoms with E-state index >= 15 is 0 Å². The minimum Gasteiger partial charge on any atom is -0.497 e. The molecular weight excluding hydrogens is 389 g/mol. The fourth-order valence-electron chi connectivity index (χ4n) is 2.80. The summed E-state index contributed by atoms with van der Waals surface area (Å²) in [5.41, 5.74) is 0.563. The number of halogens is 1. The fraction of sp³-hybridized carbons (Fsp3) is 0.278. The Kier molecular flexibility index (Phi) is 5.93. The van der Waals surface area contributed by atoms with Crippen LogP contribution in [-0.2, 0) is 10.0 Å². The Morgan fingerprint density at radius 3 is 2.37 bits per heavy atom. The zero-order chi connectivity index (χ0) is 19.4. The van der Waals surface area contributed by atoms with Crippen LogP contribution in [-0.4, -0.2) is 56.0 Å². The molecule has 0 unspecified atom stereocenters. The van der Waals surface area contributed by atoms with Gasteiger partial charge in [-0.05, 0) is 54.7 Å². The van der Waals surface area contributed by atoms with Crippen LogP contribution in [0.25, 0.3) is 0 Å². The third-order valence-electron chi connectivity index (χ3n) is 4.30. The Balaban J connectivity index is 1.61. The highest BCUT2D eigenvalue weighted by Crippen LogP contribution is 2.21. The molecule has 0 atom stereocenters. The van der Waals surface area contributed by atoms with Crippen molar-refractivity contribution >= 4 is 33.0 Å². The molecule has 144 valence electrons. The van der Waals surface area contributed by atoms with Crippen molar-refractivity contribution in [3.05, 3.63) is 54.3 Å². The number of nitrogens with zero attached hydrogens (tertiary/aromatic N) is 2. The van der Waals surface area contributed by atoms with Crippen molar-refractivity contribution in [3.8, 4) is 5.75 Å². The van der Waals surface area contributed by atoms with Crippen LogP contribution in [0.2, 0.25) is 0 Å². The molecule has 1 N–H and O–H groups in total. The summed E-state index contributed by atoms with van der Waals surface area (Å²) in [5, 5.41) is 3.43. The highest BCUT2D eigenvalue weighted by molar-refractivity contribution is 7.89.